The number of hydrogen-bond acceptors (Lipinski definition) is 3. The maximum atomic E-state index is 9.52. The molecule has 3 aromatic heterocycles. The van der Waals surface area contributed by atoms with E-state index in [0.29, 0.717) is 0 Å². The van der Waals surface area contributed by atoms with Crippen molar-refractivity contribution < 1.29 is 5.11 Å². The quantitative estimate of drug-likeness (QED) is 0.610. The molecule has 4 aromatic rings. The highest BCUT2D eigenvalue weighted by Gasteiger charge is 2.16. The van der Waals surface area contributed by atoms with E-state index in [1.54, 1.807) is 18.3 Å². The molecular weight excluding hydrogens is 274 g/mol. The summed E-state index contributed by atoms with van der Waals surface area (Å²) >= 11 is 0. The first-order valence-electron chi connectivity index (χ1n) is 7.01. The SMILES string of the molecule is Oc1ccc(-c2c(-c3ccccn3)nc3ccccn23)cc1. The van der Waals surface area contributed by atoms with Gasteiger partial charge in [-0.1, -0.05) is 12.1 Å². The molecule has 0 radical (unpaired) electrons. The summed E-state index contributed by atoms with van der Waals surface area (Å²) in [4.78, 5) is 9.14. The Morgan fingerprint density at radius 3 is 2.45 bits per heavy atom. The zero-order chi connectivity index (χ0) is 14.9. The van der Waals surface area contributed by atoms with E-state index in [9.17, 15) is 5.11 Å². The molecule has 0 unspecified atom stereocenters. The van der Waals surface area contributed by atoms with Gasteiger partial charge in [0, 0.05) is 18.0 Å². The summed E-state index contributed by atoms with van der Waals surface area (Å²) in [7, 11) is 0. The number of benzene rings is 1. The van der Waals surface area contributed by atoms with Gasteiger partial charge in [0.2, 0.25) is 0 Å². The fraction of sp³-hybridized carbons (Fsp3) is 0. The third kappa shape index (κ3) is 2.02. The molecule has 0 amide bonds. The molecule has 0 fully saturated rings. The van der Waals surface area contributed by atoms with Crippen LogP contribution in [0.15, 0.2) is 73.1 Å². The number of aromatic hydroxyl groups is 1. The van der Waals surface area contributed by atoms with Gasteiger partial charge in [0.05, 0.1) is 11.4 Å². The van der Waals surface area contributed by atoms with Gasteiger partial charge in [-0.2, -0.15) is 0 Å². The van der Waals surface area contributed by atoms with E-state index in [-0.39, 0.29) is 5.75 Å². The second kappa shape index (κ2) is 5.00. The fourth-order valence-corrected chi connectivity index (χ4v) is 2.57. The van der Waals surface area contributed by atoms with E-state index in [2.05, 4.69) is 4.98 Å². The van der Waals surface area contributed by atoms with Crippen LogP contribution in [0.4, 0.5) is 0 Å². The predicted octanol–water partition coefficient (Wildman–Crippen LogP) is 3.77. The van der Waals surface area contributed by atoms with Crippen molar-refractivity contribution >= 4 is 5.65 Å². The van der Waals surface area contributed by atoms with E-state index in [1.165, 1.54) is 0 Å². The van der Waals surface area contributed by atoms with Crippen LogP contribution in [0.25, 0.3) is 28.3 Å². The van der Waals surface area contributed by atoms with E-state index >= 15 is 0 Å². The molecule has 4 nitrogen and oxygen atoms in total. The Bertz CT molecular complexity index is 928. The maximum Gasteiger partial charge on any atom is 0.138 e. The minimum absolute atomic E-state index is 0.247. The monoisotopic (exact) mass is 287 g/mol. The normalized spacial score (nSPS) is 10.9. The molecule has 0 spiro atoms. The van der Waals surface area contributed by atoms with Crippen molar-refractivity contribution in [3.05, 3.63) is 73.1 Å². The van der Waals surface area contributed by atoms with Gasteiger partial charge in [0.1, 0.15) is 17.1 Å². The number of fused-ring (bicyclic) bond motifs is 1. The molecule has 0 aliphatic heterocycles. The number of phenolic OH excluding ortho intramolecular Hbond substituents is 1. The van der Waals surface area contributed by atoms with Gasteiger partial charge in [-0.3, -0.25) is 9.38 Å². The summed E-state index contributed by atoms with van der Waals surface area (Å²) < 4.78 is 2.04. The van der Waals surface area contributed by atoms with E-state index < -0.39 is 0 Å². The lowest BCUT2D eigenvalue weighted by molar-refractivity contribution is 0.475. The van der Waals surface area contributed by atoms with E-state index in [0.717, 1.165) is 28.3 Å². The number of rotatable bonds is 2. The standard InChI is InChI=1S/C18H13N3O/c22-14-9-7-13(8-10-14)18-17(15-5-1-3-11-19-15)20-16-6-2-4-12-21(16)18/h1-12,22H. The summed E-state index contributed by atoms with van der Waals surface area (Å²) in [6.45, 7) is 0. The molecule has 0 aliphatic carbocycles. The summed E-state index contributed by atoms with van der Waals surface area (Å²) in [5.74, 6) is 0.247. The zero-order valence-electron chi connectivity index (χ0n) is 11.7. The number of hydrogen-bond donors (Lipinski definition) is 1. The summed E-state index contributed by atoms with van der Waals surface area (Å²) in [6, 6.07) is 18.8. The molecule has 4 heteroatoms. The average molecular weight is 287 g/mol. The average Bonchev–Trinajstić information content (AvgIpc) is 2.96. The molecule has 0 aliphatic rings. The van der Waals surface area contributed by atoms with Crippen molar-refractivity contribution in [2.75, 3.05) is 0 Å². The molecule has 0 saturated heterocycles. The molecular formula is C18H13N3O. The minimum Gasteiger partial charge on any atom is -0.508 e. The number of pyridine rings is 2. The molecule has 106 valence electrons. The van der Waals surface area contributed by atoms with Gasteiger partial charge in [0.25, 0.3) is 0 Å². The highest BCUT2D eigenvalue weighted by molar-refractivity contribution is 5.80. The van der Waals surface area contributed by atoms with Crippen molar-refractivity contribution in [2.24, 2.45) is 0 Å². The lowest BCUT2D eigenvalue weighted by atomic mass is 10.1. The lowest BCUT2D eigenvalue weighted by Gasteiger charge is -2.05. The summed E-state index contributed by atoms with van der Waals surface area (Å²) in [6.07, 6.45) is 3.75. The van der Waals surface area contributed by atoms with Crippen LogP contribution in [0, 0.1) is 0 Å². The van der Waals surface area contributed by atoms with Crippen LogP contribution in [-0.4, -0.2) is 19.5 Å². The van der Waals surface area contributed by atoms with Crippen molar-refractivity contribution in [3.63, 3.8) is 0 Å². The van der Waals surface area contributed by atoms with Gasteiger partial charge in [-0.25, -0.2) is 4.98 Å². The van der Waals surface area contributed by atoms with Crippen molar-refractivity contribution in [2.45, 2.75) is 0 Å². The van der Waals surface area contributed by atoms with Crippen LogP contribution in [0.1, 0.15) is 0 Å². The van der Waals surface area contributed by atoms with Gasteiger partial charge in [0.15, 0.2) is 0 Å². The first-order valence-corrected chi connectivity index (χ1v) is 7.01. The minimum atomic E-state index is 0.247. The van der Waals surface area contributed by atoms with Gasteiger partial charge in [-0.05, 0) is 48.5 Å². The van der Waals surface area contributed by atoms with Crippen molar-refractivity contribution in [3.8, 4) is 28.4 Å². The van der Waals surface area contributed by atoms with Gasteiger partial charge < -0.3 is 5.11 Å². The number of nitrogens with zero attached hydrogens (tertiary/aromatic N) is 3. The lowest BCUT2D eigenvalue weighted by Crippen LogP contribution is -1.90. The van der Waals surface area contributed by atoms with Crippen molar-refractivity contribution in [1.82, 2.24) is 14.4 Å². The molecule has 22 heavy (non-hydrogen) atoms. The van der Waals surface area contributed by atoms with E-state index in [1.807, 2.05) is 59.1 Å². The van der Waals surface area contributed by atoms with Crippen LogP contribution in [0.5, 0.6) is 5.75 Å². The Morgan fingerprint density at radius 1 is 0.864 bits per heavy atom. The van der Waals surface area contributed by atoms with Gasteiger partial charge in [-0.15, -0.1) is 0 Å². The number of imidazole rings is 1. The molecule has 4 rings (SSSR count). The molecule has 0 atom stereocenters. The summed E-state index contributed by atoms with van der Waals surface area (Å²) in [5, 5.41) is 9.52. The number of aromatic nitrogens is 3. The predicted molar refractivity (Wildman–Crippen MR) is 85.5 cm³/mol. The molecule has 1 aromatic carbocycles. The summed E-state index contributed by atoms with van der Waals surface area (Å²) in [5.41, 5.74) is 4.48. The molecule has 0 saturated carbocycles. The fourth-order valence-electron chi connectivity index (χ4n) is 2.57. The topological polar surface area (TPSA) is 50.4 Å². The highest BCUT2D eigenvalue weighted by Crippen LogP contribution is 2.32. The second-order valence-electron chi connectivity index (χ2n) is 5.00. The Hall–Kier alpha value is -3.14. The largest absolute Gasteiger partial charge is 0.508 e. The third-order valence-electron chi connectivity index (χ3n) is 3.58. The smallest absolute Gasteiger partial charge is 0.138 e. The molecule has 1 N–H and O–H groups in total. The Kier molecular flexibility index (Phi) is 2.86. The van der Waals surface area contributed by atoms with Crippen LogP contribution in [0.2, 0.25) is 0 Å². The molecule has 3 heterocycles. The van der Waals surface area contributed by atoms with Crippen LogP contribution in [-0.2, 0) is 0 Å². The van der Waals surface area contributed by atoms with Gasteiger partial charge >= 0.3 is 0 Å². The Balaban J connectivity index is 2.04. The first kappa shape index (κ1) is 12.6. The van der Waals surface area contributed by atoms with Crippen LogP contribution in [0.3, 0.4) is 0 Å². The Labute approximate surface area is 127 Å². The third-order valence-corrected chi connectivity index (χ3v) is 3.58. The van der Waals surface area contributed by atoms with E-state index in [4.69, 9.17) is 4.98 Å². The second-order valence-corrected chi connectivity index (χ2v) is 5.00. The maximum absolute atomic E-state index is 9.52. The first-order chi connectivity index (χ1) is 10.8. The van der Waals surface area contributed by atoms with Crippen molar-refractivity contribution in [1.29, 1.82) is 0 Å². The van der Waals surface area contributed by atoms with Crippen LogP contribution >= 0.6 is 0 Å². The molecule has 0 bridgehead atoms. The number of phenols is 1. The Morgan fingerprint density at radius 2 is 1.68 bits per heavy atom. The highest BCUT2D eigenvalue weighted by atomic mass is 16.3. The zero-order valence-corrected chi connectivity index (χ0v) is 11.7. The van der Waals surface area contributed by atoms with Crippen LogP contribution < -0.4 is 0 Å².